The maximum atomic E-state index is 9.39. The van der Waals surface area contributed by atoms with Crippen molar-refractivity contribution in [3.8, 4) is 11.5 Å². The number of benzene rings is 2. The van der Waals surface area contributed by atoms with E-state index in [1.165, 1.54) is 0 Å². The average molecular weight is 244 g/mol. The van der Waals surface area contributed by atoms with Crippen molar-refractivity contribution in [1.82, 2.24) is 0 Å². The lowest BCUT2D eigenvalue weighted by Crippen LogP contribution is -1.83. The van der Waals surface area contributed by atoms with E-state index in [4.69, 9.17) is 5.11 Å². The van der Waals surface area contributed by atoms with Crippen molar-refractivity contribution < 1.29 is 10.2 Å². The first-order chi connectivity index (χ1) is 8.41. The molecule has 2 rings (SSSR count). The Labute approximate surface area is 109 Å². The Morgan fingerprint density at radius 3 is 1.83 bits per heavy atom. The predicted molar refractivity (Wildman–Crippen MR) is 75.2 cm³/mol. The second-order valence-corrected chi connectivity index (χ2v) is 4.51. The highest BCUT2D eigenvalue weighted by atomic mass is 16.3. The van der Waals surface area contributed by atoms with Crippen LogP contribution in [0.15, 0.2) is 36.4 Å². The molecule has 2 heteroatoms. The van der Waals surface area contributed by atoms with Crippen molar-refractivity contribution in [2.75, 3.05) is 0 Å². The van der Waals surface area contributed by atoms with E-state index < -0.39 is 0 Å². The molecule has 0 amide bonds. The fourth-order valence-electron chi connectivity index (χ4n) is 1.56. The van der Waals surface area contributed by atoms with E-state index in [0.717, 1.165) is 22.3 Å². The second-order valence-electron chi connectivity index (χ2n) is 4.51. The summed E-state index contributed by atoms with van der Waals surface area (Å²) in [5.74, 6) is 0.769. The Hall–Kier alpha value is -1.96. The highest BCUT2D eigenvalue weighted by Gasteiger charge is 2.00. The number of aryl methyl sites for hydroxylation is 3. The van der Waals surface area contributed by atoms with Crippen molar-refractivity contribution in [3.05, 3.63) is 58.7 Å². The molecule has 0 saturated carbocycles. The van der Waals surface area contributed by atoms with Gasteiger partial charge in [0.05, 0.1) is 0 Å². The Bertz CT molecular complexity index is 486. The van der Waals surface area contributed by atoms with Crippen LogP contribution >= 0.6 is 0 Å². The van der Waals surface area contributed by atoms with Crippen LogP contribution in [0.3, 0.4) is 0 Å². The molecule has 0 aliphatic carbocycles. The standard InChI is InChI=1S/C9H12O.C7H8O/c1-6-4-5-7(2)9(10)8(6)3;1-6-3-2-4-7(8)5-6/h4-5,10H,1-3H3;2-5,8H,1H3. The first-order valence-electron chi connectivity index (χ1n) is 5.93. The Morgan fingerprint density at radius 1 is 0.778 bits per heavy atom. The molecular weight excluding hydrogens is 224 g/mol. The van der Waals surface area contributed by atoms with Crippen molar-refractivity contribution in [3.63, 3.8) is 0 Å². The highest BCUT2D eigenvalue weighted by Crippen LogP contribution is 2.23. The van der Waals surface area contributed by atoms with Crippen LogP contribution in [-0.4, -0.2) is 10.2 Å². The minimum Gasteiger partial charge on any atom is -0.508 e. The van der Waals surface area contributed by atoms with E-state index in [1.807, 2.05) is 52.0 Å². The molecule has 0 aromatic heterocycles. The quantitative estimate of drug-likeness (QED) is 0.735. The molecule has 0 bridgehead atoms. The lowest BCUT2D eigenvalue weighted by Gasteiger charge is -2.04. The maximum absolute atomic E-state index is 9.39. The lowest BCUT2D eigenvalue weighted by molar-refractivity contribution is 0.466. The van der Waals surface area contributed by atoms with Crippen LogP contribution in [0.5, 0.6) is 11.5 Å². The summed E-state index contributed by atoms with van der Waals surface area (Å²) in [4.78, 5) is 0. The molecule has 0 fully saturated rings. The molecule has 18 heavy (non-hydrogen) atoms. The smallest absolute Gasteiger partial charge is 0.121 e. The molecular formula is C16H20O2. The molecule has 0 aliphatic heterocycles. The summed E-state index contributed by atoms with van der Waals surface area (Å²) in [6.45, 7) is 7.77. The van der Waals surface area contributed by atoms with Crippen LogP contribution in [0.4, 0.5) is 0 Å². The fraction of sp³-hybridized carbons (Fsp3) is 0.250. The van der Waals surface area contributed by atoms with Crippen LogP contribution in [0.1, 0.15) is 22.3 Å². The van der Waals surface area contributed by atoms with Crippen LogP contribution in [0, 0.1) is 27.7 Å². The second kappa shape index (κ2) is 6.10. The van der Waals surface area contributed by atoms with Gasteiger partial charge in [-0.3, -0.25) is 0 Å². The van der Waals surface area contributed by atoms with Crippen molar-refractivity contribution in [2.24, 2.45) is 0 Å². The van der Waals surface area contributed by atoms with E-state index in [9.17, 15) is 5.11 Å². The van der Waals surface area contributed by atoms with Gasteiger partial charge >= 0.3 is 0 Å². The van der Waals surface area contributed by atoms with Gasteiger partial charge in [0.2, 0.25) is 0 Å². The molecule has 2 aromatic carbocycles. The van der Waals surface area contributed by atoms with Crippen LogP contribution in [0.25, 0.3) is 0 Å². The average Bonchev–Trinajstić information content (AvgIpc) is 2.32. The lowest BCUT2D eigenvalue weighted by atomic mass is 10.1. The van der Waals surface area contributed by atoms with Gasteiger partial charge in [-0.15, -0.1) is 0 Å². The zero-order valence-corrected chi connectivity index (χ0v) is 11.4. The summed E-state index contributed by atoms with van der Waals surface area (Å²) in [7, 11) is 0. The molecule has 0 aliphatic rings. The molecule has 0 unspecified atom stereocenters. The van der Waals surface area contributed by atoms with Gasteiger partial charge in [-0.05, 0) is 62.1 Å². The van der Waals surface area contributed by atoms with Gasteiger partial charge in [0.25, 0.3) is 0 Å². The molecule has 2 aromatic rings. The summed E-state index contributed by atoms with van der Waals surface area (Å²) in [5.41, 5.74) is 4.16. The third-order valence-electron chi connectivity index (χ3n) is 2.91. The van der Waals surface area contributed by atoms with E-state index in [0.29, 0.717) is 11.5 Å². The summed E-state index contributed by atoms with van der Waals surface area (Å²) >= 11 is 0. The number of aromatic hydroxyl groups is 2. The van der Waals surface area contributed by atoms with Gasteiger partial charge in [0.1, 0.15) is 11.5 Å². The third kappa shape index (κ3) is 3.81. The van der Waals surface area contributed by atoms with Crippen molar-refractivity contribution in [1.29, 1.82) is 0 Å². The minimum absolute atomic E-state index is 0.338. The Kier molecular flexibility index (Phi) is 4.78. The Balaban J connectivity index is 0.000000184. The SMILES string of the molecule is Cc1ccc(C)c(O)c1C.Cc1cccc(O)c1. The van der Waals surface area contributed by atoms with Gasteiger partial charge in [-0.1, -0.05) is 24.3 Å². The van der Waals surface area contributed by atoms with E-state index >= 15 is 0 Å². The van der Waals surface area contributed by atoms with Crippen LogP contribution in [0.2, 0.25) is 0 Å². The summed E-state index contributed by atoms with van der Waals surface area (Å²) in [5, 5.41) is 18.2. The number of hydrogen-bond donors (Lipinski definition) is 2. The zero-order valence-electron chi connectivity index (χ0n) is 11.4. The van der Waals surface area contributed by atoms with Gasteiger partial charge in [-0.2, -0.15) is 0 Å². The Morgan fingerprint density at radius 2 is 1.39 bits per heavy atom. The normalized spacial score (nSPS) is 9.56. The first kappa shape index (κ1) is 14.1. The summed E-state index contributed by atoms with van der Waals surface area (Å²) in [6.07, 6.45) is 0. The zero-order chi connectivity index (χ0) is 13.7. The van der Waals surface area contributed by atoms with Gasteiger partial charge < -0.3 is 10.2 Å². The number of hydrogen-bond acceptors (Lipinski definition) is 2. The third-order valence-corrected chi connectivity index (χ3v) is 2.91. The number of rotatable bonds is 0. The molecule has 2 N–H and O–H groups in total. The molecule has 0 heterocycles. The molecule has 0 atom stereocenters. The highest BCUT2D eigenvalue weighted by molar-refractivity contribution is 5.43. The van der Waals surface area contributed by atoms with Crippen molar-refractivity contribution in [2.45, 2.75) is 27.7 Å². The molecule has 2 nitrogen and oxygen atoms in total. The largest absolute Gasteiger partial charge is 0.508 e. The maximum Gasteiger partial charge on any atom is 0.121 e. The molecule has 0 saturated heterocycles. The fourth-order valence-corrected chi connectivity index (χ4v) is 1.56. The predicted octanol–water partition coefficient (Wildman–Crippen LogP) is 4.02. The van der Waals surface area contributed by atoms with E-state index in [2.05, 4.69) is 0 Å². The number of phenols is 2. The summed E-state index contributed by atoms with van der Waals surface area (Å²) < 4.78 is 0. The molecule has 0 radical (unpaired) electrons. The minimum atomic E-state index is 0.338. The van der Waals surface area contributed by atoms with Gasteiger partial charge in [0, 0.05) is 0 Å². The molecule has 96 valence electrons. The van der Waals surface area contributed by atoms with Gasteiger partial charge in [0.15, 0.2) is 0 Å². The van der Waals surface area contributed by atoms with Crippen LogP contribution < -0.4 is 0 Å². The summed E-state index contributed by atoms with van der Waals surface area (Å²) in [6, 6.07) is 11.1. The number of phenolic OH excluding ortho intramolecular Hbond substituents is 2. The molecule has 0 spiro atoms. The van der Waals surface area contributed by atoms with Crippen LogP contribution in [-0.2, 0) is 0 Å². The van der Waals surface area contributed by atoms with Crippen molar-refractivity contribution >= 4 is 0 Å². The van der Waals surface area contributed by atoms with E-state index in [-0.39, 0.29) is 0 Å². The van der Waals surface area contributed by atoms with Gasteiger partial charge in [-0.25, -0.2) is 0 Å². The van der Waals surface area contributed by atoms with E-state index in [1.54, 1.807) is 12.1 Å². The first-order valence-corrected chi connectivity index (χ1v) is 5.93. The topological polar surface area (TPSA) is 40.5 Å². The monoisotopic (exact) mass is 244 g/mol.